The van der Waals surface area contributed by atoms with E-state index >= 15 is 0 Å². The molecule has 2 fully saturated rings. The number of ketones is 1. The number of carbonyl (C=O) groups excluding carboxylic acids is 3. The number of nitrogens with zero attached hydrogens (tertiary/aromatic N) is 1. The monoisotopic (exact) mass is 363 g/mol. The van der Waals surface area contributed by atoms with Gasteiger partial charge >= 0.3 is 5.97 Å². The molecule has 0 saturated carbocycles. The molecular formula is C18H21NO5S. The first kappa shape index (κ1) is 17.8. The Morgan fingerprint density at radius 1 is 1.32 bits per heavy atom. The lowest BCUT2D eigenvalue weighted by atomic mass is 10.1. The van der Waals surface area contributed by atoms with Crippen molar-refractivity contribution in [2.45, 2.75) is 37.6 Å². The van der Waals surface area contributed by atoms with Gasteiger partial charge in [-0.05, 0) is 44.5 Å². The van der Waals surface area contributed by atoms with Gasteiger partial charge in [0, 0.05) is 17.7 Å². The number of hydrogen-bond acceptors (Lipinski definition) is 6. The van der Waals surface area contributed by atoms with E-state index in [0.717, 1.165) is 6.42 Å². The van der Waals surface area contributed by atoms with Gasteiger partial charge in [0.15, 0.2) is 12.4 Å². The number of fused-ring (bicyclic) bond motifs is 1. The summed E-state index contributed by atoms with van der Waals surface area (Å²) in [5.41, 5.74) is 0.458. The Balaban J connectivity index is 1.57. The van der Waals surface area contributed by atoms with Crippen molar-refractivity contribution in [2.75, 3.05) is 19.0 Å². The van der Waals surface area contributed by atoms with Gasteiger partial charge in [-0.15, -0.1) is 11.8 Å². The molecule has 2 heterocycles. The quantitative estimate of drug-likeness (QED) is 0.570. The van der Waals surface area contributed by atoms with E-state index in [1.807, 2.05) is 13.8 Å². The molecule has 0 aliphatic carbocycles. The number of esters is 1. The second kappa shape index (κ2) is 7.07. The summed E-state index contributed by atoms with van der Waals surface area (Å²) in [6, 6.07) is 6.11. The number of thioether (sulfide) groups is 1. The van der Waals surface area contributed by atoms with E-state index in [9.17, 15) is 14.4 Å². The summed E-state index contributed by atoms with van der Waals surface area (Å²) < 4.78 is 10.5. The van der Waals surface area contributed by atoms with E-state index in [0.29, 0.717) is 30.1 Å². The molecule has 3 rings (SSSR count). The third kappa shape index (κ3) is 3.51. The summed E-state index contributed by atoms with van der Waals surface area (Å²) in [6.07, 6.45) is 1.20. The van der Waals surface area contributed by atoms with E-state index in [2.05, 4.69) is 0 Å². The second-order valence-corrected chi connectivity index (χ2v) is 7.76. The van der Waals surface area contributed by atoms with Gasteiger partial charge in [-0.2, -0.15) is 0 Å². The highest BCUT2D eigenvalue weighted by Crippen LogP contribution is 2.47. The second-order valence-electron chi connectivity index (χ2n) is 6.25. The van der Waals surface area contributed by atoms with Gasteiger partial charge in [0.05, 0.1) is 11.5 Å². The van der Waals surface area contributed by atoms with E-state index < -0.39 is 12.0 Å². The maximum absolute atomic E-state index is 12.3. The lowest BCUT2D eigenvalue weighted by molar-refractivity contribution is -0.152. The fourth-order valence-electron chi connectivity index (χ4n) is 3.22. The number of rotatable bonds is 6. The molecule has 2 aliphatic rings. The van der Waals surface area contributed by atoms with Crippen LogP contribution in [0.15, 0.2) is 24.3 Å². The number of Topliss-reactive ketones (excluding diaryl/α,β-unsaturated/α-hetero) is 1. The van der Waals surface area contributed by atoms with Gasteiger partial charge < -0.3 is 14.4 Å². The van der Waals surface area contributed by atoms with E-state index in [-0.39, 0.29) is 23.2 Å². The Kier molecular flexibility index (Phi) is 5.03. The summed E-state index contributed by atoms with van der Waals surface area (Å²) in [5, 5.41) is 0. The van der Waals surface area contributed by atoms with Gasteiger partial charge in [0.25, 0.3) is 0 Å². The molecule has 0 N–H and O–H groups in total. The molecule has 2 saturated heterocycles. The van der Waals surface area contributed by atoms with Crippen LogP contribution in [0.2, 0.25) is 0 Å². The van der Waals surface area contributed by atoms with Gasteiger partial charge in [0.2, 0.25) is 5.91 Å². The number of amides is 1. The molecule has 1 aromatic carbocycles. The molecule has 134 valence electrons. The van der Waals surface area contributed by atoms with E-state index in [1.54, 1.807) is 40.9 Å². The van der Waals surface area contributed by atoms with Crippen LogP contribution in [-0.2, 0) is 14.3 Å². The van der Waals surface area contributed by atoms with Crippen LogP contribution in [0.4, 0.5) is 0 Å². The predicted octanol–water partition coefficient (Wildman–Crippen LogP) is 2.27. The zero-order valence-corrected chi connectivity index (χ0v) is 15.1. The van der Waals surface area contributed by atoms with Gasteiger partial charge in [-0.1, -0.05) is 0 Å². The minimum absolute atomic E-state index is 0.0210. The topological polar surface area (TPSA) is 72.9 Å². The van der Waals surface area contributed by atoms with Crippen LogP contribution >= 0.6 is 11.8 Å². The molecule has 25 heavy (non-hydrogen) atoms. The molecule has 1 aromatic rings. The smallest absolute Gasteiger partial charge is 0.330 e. The van der Waals surface area contributed by atoms with E-state index in [4.69, 9.17) is 9.47 Å². The van der Waals surface area contributed by atoms with Crippen LogP contribution < -0.4 is 4.74 Å². The van der Waals surface area contributed by atoms with Crippen molar-refractivity contribution < 1.29 is 23.9 Å². The SMILES string of the molecule is CCOc1ccc(C(=O)COC(=O)[C@@H]2CS[C@]3(C)CCC(=O)N23)cc1. The lowest BCUT2D eigenvalue weighted by Crippen LogP contribution is -2.46. The van der Waals surface area contributed by atoms with Crippen LogP contribution in [0.5, 0.6) is 5.75 Å². The van der Waals surface area contributed by atoms with Crippen molar-refractivity contribution in [2.24, 2.45) is 0 Å². The van der Waals surface area contributed by atoms with E-state index in [1.165, 1.54) is 0 Å². The molecule has 2 atom stereocenters. The summed E-state index contributed by atoms with van der Waals surface area (Å²) in [6.45, 7) is 4.09. The molecule has 1 amide bonds. The first-order valence-corrected chi connectivity index (χ1v) is 9.32. The molecule has 0 radical (unpaired) electrons. The van der Waals surface area contributed by atoms with Crippen LogP contribution in [0, 0.1) is 0 Å². The van der Waals surface area contributed by atoms with Crippen molar-refractivity contribution in [3.8, 4) is 5.75 Å². The maximum Gasteiger partial charge on any atom is 0.330 e. The molecule has 0 aromatic heterocycles. The summed E-state index contributed by atoms with van der Waals surface area (Å²) >= 11 is 1.60. The molecule has 0 unspecified atom stereocenters. The summed E-state index contributed by atoms with van der Waals surface area (Å²) in [5.74, 6) is 0.389. The van der Waals surface area contributed by atoms with Crippen LogP contribution in [0.25, 0.3) is 0 Å². The fraction of sp³-hybridized carbons (Fsp3) is 0.500. The highest BCUT2D eigenvalue weighted by Gasteiger charge is 2.53. The standard InChI is InChI=1S/C18H21NO5S/c1-3-23-13-6-4-12(5-7-13)15(20)10-24-17(22)14-11-25-18(2)9-8-16(21)19(14)18/h4-7,14H,3,8-11H2,1-2H3/t14-,18+/m0/s1. The normalized spacial score (nSPS) is 25.0. The average molecular weight is 363 g/mol. The van der Waals surface area contributed by atoms with Gasteiger partial charge in [-0.3, -0.25) is 9.59 Å². The fourth-order valence-corrected chi connectivity index (χ4v) is 4.63. The summed E-state index contributed by atoms with van der Waals surface area (Å²) in [4.78, 5) is 37.9. The highest BCUT2D eigenvalue weighted by atomic mass is 32.2. The van der Waals surface area contributed by atoms with Gasteiger partial charge in [-0.25, -0.2) is 4.79 Å². The van der Waals surface area contributed by atoms with Gasteiger partial charge in [0.1, 0.15) is 11.8 Å². The Morgan fingerprint density at radius 3 is 2.72 bits per heavy atom. The third-order valence-corrected chi connectivity index (χ3v) is 6.05. The number of carbonyl (C=O) groups is 3. The van der Waals surface area contributed by atoms with Crippen molar-refractivity contribution in [1.82, 2.24) is 4.90 Å². The van der Waals surface area contributed by atoms with Crippen molar-refractivity contribution >= 4 is 29.4 Å². The average Bonchev–Trinajstić information content (AvgIpc) is 3.10. The molecule has 0 spiro atoms. The van der Waals surface area contributed by atoms with Crippen molar-refractivity contribution in [3.05, 3.63) is 29.8 Å². The number of ether oxygens (including phenoxy) is 2. The molecule has 7 heteroatoms. The first-order valence-electron chi connectivity index (χ1n) is 8.33. The largest absolute Gasteiger partial charge is 0.494 e. The predicted molar refractivity (Wildman–Crippen MR) is 93.6 cm³/mol. The highest BCUT2D eigenvalue weighted by molar-refractivity contribution is 8.01. The number of benzene rings is 1. The molecular weight excluding hydrogens is 342 g/mol. The Bertz CT molecular complexity index is 689. The van der Waals surface area contributed by atoms with Crippen molar-refractivity contribution in [1.29, 1.82) is 0 Å². The van der Waals surface area contributed by atoms with Crippen molar-refractivity contribution in [3.63, 3.8) is 0 Å². The molecule has 6 nitrogen and oxygen atoms in total. The minimum Gasteiger partial charge on any atom is -0.494 e. The minimum atomic E-state index is -0.599. The Labute approximate surface area is 150 Å². The van der Waals surface area contributed by atoms with Crippen LogP contribution in [0.3, 0.4) is 0 Å². The molecule has 2 aliphatic heterocycles. The van der Waals surface area contributed by atoms with Crippen LogP contribution in [0.1, 0.15) is 37.0 Å². The zero-order chi connectivity index (χ0) is 18.0. The lowest BCUT2D eigenvalue weighted by Gasteiger charge is -2.29. The molecule has 0 bridgehead atoms. The Morgan fingerprint density at radius 2 is 2.04 bits per heavy atom. The van der Waals surface area contributed by atoms with Crippen LogP contribution in [-0.4, -0.2) is 52.4 Å². The number of hydrogen-bond donors (Lipinski definition) is 0. The third-order valence-electron chi connectivity index (χ3n) is 4.55. The first-order chi connectivity index (χ1) is 11.9. The maximum atomic E-state index is 12.3. The Hall–Kier alpha value is -2.02. The summed E-state index contributed by atoms with van der Waals surface area (Å²) in [7, 11) is 0. The zero-order valence-electron chi connectivity index (χ0n) is 14.3.